The molecule has 3 aromatic carbocycles. The molecule has 1 heterocycles. The molecule has 0 aromatic heterocycles. The van der Waals surface area contributed by atoms with E-state index in [1.807, 2.05) is 18.2 Å². The molecule has 0 radical (unpaired) electrons. The molecule has 1 aliphatic rings. The number of carbonyl (C=O) groups is 1. The third-order valence-electron chi connectivity index (χ3n) is 5.68. The van der Waals surface area contributed by atoms with Gasteiger partial charge < -0.3 is 14.2 Å². The van der Waals surface area contributed by atoms with Crippen LogP contribution in [0.15, 0.2) is 87.0 Å². The first-order chi connectivity index (χ1) is 18.8. The second kappa shape index (κ2) is 13.2. The van der Waals surface area contributed by atoms with E-state index in [0.717, 1.165) is 17.3 Å². The zero-order valence-electron chi connectivity index (χ0n) is 21.4. The summed E-state index contributed by atoms with van der Waals surface area (Å²) in [4.78, 5) is 15.1. The van der Waals surface area contributed by atoms with Gasteiger partial charge in [0.15, 0.2) is 16.7 Å². The topological polar surface area (TPSA) is 94.5 Å². The Bertz CT molecular complexity index is 1490. The van der Waals surface area contributed by atoms with E-state index >= 15 is 0 Å². The summed E-state index contributed by atoms with van der Waals surface area (Å²) in [5.74, 6) is 0.655. The van der Waals surface area contributed by atoms with Crippen LogP contribution in [0.4, 0.5) is 0 Å². The SMILES string of the molecule is COCCCN1C(=O)/C(=C/c2ccc(OCc3ccccc3Cl)c(OC)c2)SC1=NS(=O)(=O)c1ccccc1. The van der Waals surface area contributed by atoms with Crippen molar-refractivity contribution in [1.29, 1.82) is 0 Å². The highest BCUT2D eigenvalue weighted by Crippen LogP contribution is 2.36. The molecule has 0 spiro atoms. The molecule has 204 valence electrons. The lowest BCUT2D eigenvalue weighted by atomic mass is 10.1. The molecule has 1 aliphatic heterocycles. The third kappa shape index (κ3) is 7.21. The summed E-state index contributed by atoms with van der Waals surface area (Å²) >= 11 is 7.23. The van der Waals surface area contributed by atoms with Gasteiger partial charge in [-0.05, 0) is 60.2 Å². The molecule has 0 N–H and O–H groups in total. The van der Waals surface area contributed by atoms with E-state index in [1.54, 1.807) is 55.7 Å². The fourth-order valence-corrected chi connectivity index (χ4v) is 6.12. The molecule has 4 rings (SSSR count). The van der Waals surface area contributed by atoms with Crippen LogP contribution < -0.4 is 9.47 Å². The quantitative estimate of drug-likeness (QED) is 0.212. The van der Waals surface area contributed by atoms with Crippen molar-refractivity contribution in [3.8, 4) is 11.5 Å². The Morgan fingerprint density at radius 3 is 2.46 bits per heavy atom. The smallest absolute Gasteiger partial charge is 0.284 e. The number of hydrogen-bond acceptors (Lipinski definition) is 7. The molecule has 1 saturated heterocycles. The highest BCUT2D eigenvalue weighted by molar-refractivity contribution is 8.19. The van der Waals surface area contributed by atoms with Crippen molar-refractivity contribution in [3.63, 3.8) is 0 Å². The van der Waals surface area contributed by atoms with Crippen LogP contribution in [0.2, 0.25) is 5.02 Å². The number of carbonyl (C=O) groups excluding carboxylic acids is 1. The van der Waals surface area contributed by atoms with E-state index in [-0.39, 0.29) is 29.1 Å². The Hall–Kier alpha value is -3.31. The maximum Gasteiger partial charge on any atom is 0.284 e. The van der Waals surface area contributed by atoms with Crippen LogP contribution in [0, 0.1) is 0 Å². The lowest BCUT2D eigenvalue weighted by Gasteiger charge is -2.15. The van der Waals surface area contributed by atoms with E-state index in [2.05, 4.69) is 4.40 Å². The van der Waals surface area contributed by atoms with Gasteiger partial charge in [-0.3, -0.25) is 9.69 Å². The Balaban J connectivity index is 1.59. The van der Waals surface area contributed by atoms with E-state index in [0.29, 0.717) is 40.0 Å². The lowest BCUT2D eigenvalue weighted by Crippen LogP contribution is -2.31. The number of benzene rings is 3. The third-order valence-corrected chi connectivity index (χ3v) is 8.46. The normalized spacial score (nSPS) is 15.8. The number of methoxy groups -OCH3 is 2. The van der Waals surface area contributed by atoms with Crippen molar-refractivity contribution in [2.75, 3.05) is 27.4 Å². The second-order valence-corrected chi connectivity index (χ2v) is 11.4. The van der Waals surface area contributed by atoms with Crippen molar-refractivity contribution in [3.05, 3.63) is 93.9 Å². The van der Waals surface area contributed by atoms with Gasteiger partial charge in [0.1, 0.15) is 6.61 Å². The molecule has 0 aliphatic carbocycles. The monoisotopic (exact) mass is 586 g/mol. The Morgan fingerprint density at radius 1 is 1.00 bits per heavy atom. The number of sulfonamides is 1. The number of nitrogens with zero attached hydrogens (tertiary/aromatic N) is 2. The summed E-state index contributed by atoms with van der Waals surface area (Å²) in [6.45, 7) is 0.939. The van der Waals surface area contributed by atoms with Crippen LogP contribution in [-0.4, -0.2) is 51.8 Å². The van der Waals surface area contributed by atoms with Crippen molar-refractivity contribution in [1.82, 2.24) is 4.90 Å². The van der Waals surface area contributed by atoms with Crippen molar-refractivity contribution in [2.45, 2.75) is 17.9 Å². The lowest BCUT2D eigenvalue weighted by molar-refractivity contribution is -0.122. The minimum absolute atomic E-state index is 0.0527. The fraction of sp³-hybridized carbons (Fsp3) is 0.214. The molecule has 0 saturated carbocycles. The van der Waals surface area contributed by atoms with E-state index in [1.165, 1.54) is 24.1 Å². The first kappa shape index (κ1) is 28.7. The van der Waals surface area contributed by atoms with Gasteiger partial charge in [-0.15, -0.1) is 4.40 Å². The van der Waals surface area contributed by atoms with Crippen molar-refractivity contribution >= 4 is 50.5 Å². The standard InChI is InChI=1S/C28H27ClN2O6S2/c1-35-16-8-15-31-27(32)26(38-28(31)30-39(33,34)22-10-4-3-5-11-22)18-20-13-14-24(25(17-20)36-2)37-19-21-9-6-7-12-23(21)29/h3-7,9-14,17-18H,8,15-16,19H2,1-2H3/b26-18-,30-28?. The van der Waals surface area contributed by atoms with Gasteiger partial charge >= 0.3 is 0 Å². The van der Waals surface area contributed by atoms with Gasteiger partial charge in [0.25, 0.3) is 15.9 Å². The minimum atomic E-state index is -4.01. The molecular formula is C28H27ClN2O6S2. The average Bonchev–Trinajstić information content (AvgIpc) is 3.22. The zero-order chi connectivity index (χ0) is 27.8. The van der Waals surface area contributed by atoms with E-state index in [9.17, 15) is 13.2 Å². The summed E-state index contributed by atoms with van der Waals surface area (Å²) in [6.07, 6.45) is 2.19. The van der Waals surface area contributed by atoms with Gasteiger partial charge in [0.2, 0.25) is 0 Å². The molecule has 1 fully saturated rings. The molecular weight excluding hydrogens is 560 g/mol. The summed E-state index contributed by atoms with van der Waals surface area (Å²) in [6, 6.07) is 20.6. The molecule has 0 bridgehead atoms. The van der Waals surface area contributed by atoms with Crippen LogP contribution in [0.3, 0.4) is 0 Å². The molecule has 1 amide bonds. The maximum atomic E-state index is 13.3. The zero-order valence-corrected chi connectivity index (χ0v) is 23.8. The molecule has 8 nitrogen and oxygen atoms in total. The molecule has 3 aromatic rings. The molecule has 0 unspecified atom stereocenters. The van der Waals surface area contributed by atoms with E-state index in [4.69, 9.17) is 25.8 Å². The number of ether oxygens (including phenoxy) is 3. The van der Waals surface area contributed by atoms with E-state index < -0.39 is 10.0 Å². The highest BCUT2D eigenvalue weighted by atomic mass is 35.5. The van der Waals surface area contributed by atoms with Gasteiger partial charge in [-0.2, -0.15) is 8.42 Å². The number of amidine groups is 1. The Morgan fingerprint density at radius 2 is 1.74 bits per heavy atom. The fourth-order valence-electron chi connectivity index (χ4n) is 3.70. The average molecular weight is 587 g/mol. The predicted octanol–water partition coefficient (Wildman–Crippen LogP) is 5.63. The van der Waals surface area contributed by atoms with Gasteiger partial charge in [-0.1, -0.05) is 54.1 Å². The minimum Gasteiger partial charge on any atom is -0.493 e. The van der Waals surface area contributed by atoms with Crippen LogP contribution in [0.5, 0.6) is 11.5 Å². The molecule has 0 atom stereocenters. The van der Waals surface area contributed by atoms with Crippen LogP contribution in [-0.2, 0) is 26.2 Å². The first-order valence-electron chi connectivity index (χ1n) is 12.0. The number of thioether (sulfide) groups is 1. The Kier molecular flexibility index (Phi) is 9.68. The van der Waals surface area contributed by atoms with Crippen LogP contribution in [0.1, 0.15) is 17.5 Å². The number of rotatable bonds is 11. The largest absolute Gasteiger partial charge is 0.493 e. The summed E-state index contributed by atoms with van der Waals surface area (Å²) < 4.78 is 46.4. The van der Waals surface area contributed by atoms with Crippen LogP contribution >= 0.6 is 23.4 Å². The first-order valence-corrected chi connectivity index (χ1v) is 14.6. The summed E-state index contributed by atoms with van der Waals surface area (Å²) in [5, 5.41) is 0.703. The van der Waals surface area contributed by atoms with Crippen molar-refractivity contribution < 1.29 is 27.4 Å². The molecule has 11 heteroatoms. The van der Waals surface area contributed by atoms with Crippen molar-refractivity contribution in [2.24, 2.45) is 4.40 Å². The van der Waals surface area contributed by atoms with Gasteiger partial charge in [0, 0.05) is 30.8 Å². The molecule has 39 heavy (non-hydrogen) atoms. The Labute approximate surface area is 237 Å². The number of halogens is 1. The van der Waals surface area contributed by atoms with Gasteiger partial charge in [0.05, 0.1) is 16.9 Å². The number of hydrogen-bond donors (Lipinski definition) is 0. The summed E-state index contributed by atoms with van der Waals surface area (Å²) in [7, 11) is -0.913. The van der Waals surface area contributed by atoms with Crippen LogP contribution in [0.25, 0.3) is 6.08 Å². The predicted molar refractivity (Wildman–Crippen MR) is 154 cm³/mol. The van der Waals surface area contributed by atoms with Gasteiger partial charge in [-0.25, -0.2) is 0 Å². The maximum absolute atomic E-state index is 13.3. The summed E-state index contributed by atoms with van der Waals surface area (Å²) in [5.41, 5.74) is 1.52. The second-order valence-electron chi connectivity index (χ2n) is 8.37. The number of amides is 1. The highest BCUT2D eigenvalue weighted by Gasteiger charge is 2.34.